The maximum Gasteiger partial charge on any atom is 0.264 e. The Labute approximate surface area is 136 Å². The van der Waals surface area contributed by atoms with Gasteiger partial charge in [0, 0.05) is 19.0 Å². The van der Waals surface area contributed by atoms with Crippen LogP contribution >= 0.6 is 0 Å². The SMILES string of the molecule is Cc1ccc(S(=O)(=O)NC(=O)[C@@H]2CC(=O)N(C(C)C)C2)cc1C. The lowest BCUT2D eigenvalue weighted by molar-refractivity contribution is -0.129. The molecule has 1 fully saturated rings. The minimum atomic E-state index is -3.92. The molecule has 0 aliphatic carbocycles. The van der Waals surface area contributed by atoms with Gasteiger partial charge in [-0.2, -0.15) is 0 Å². The van der Waals surface area contributed by atoms with Gasteiger partial charge in [0.05, 0.1) is 10.8 Å². The number of amides is 2. The van der Waals surface area contributed by atoms with Crippen molar-refractivity contribution in [3.05, 3.63) is 29.3 Å². The summed E-state index contributed by atoms with van der Waals surface area (Å²) >= 11 is 0. The predicted molar refractivity (Wildman–Crippen MR) is 86.2 cm³/mol. The highest BCUT2D eigenvalue weighted by molar-refractivity contribution is 7.90. The van der Waals surface area contributed by atoms with E-state index in [0.29, 0.717) is 0 Å². The molecule has 1 aliphatic heterocycles. The Morgan fingerprint density at radius 2 is 1.91 bits per heavy atom. The highest BCUT2D eigenvalue weighted by Gasteiger charge is 2.37. The van der Waals surface area contributed by atoms with E-state index in [-0.39, 0.29) is 29.8 Å². The lowest BCUT2D eigenvalue weighted by atomic mass is 10.1. The van der Waals surface area contributed by atoms with Gasteiger partial charge in [-0.25, -0.2) is 13.1 Å². The van der Waals surface area contributed by atoms with Gasteiger partial charge in [-0.15, -0.1) is 0 Å². The second-order valence-electron chi connectivity index (χ2n) is 6.26. The molecule has 1 aromatic rings. The molecule has 6 nitrogen and oxygen atoms in total. The van der Waals surface area contributed by atoms with Crippen molar-refractivity contribution in [3.8, 4) is 0 Å². The number of nitrogens with zero attached hydrogens (tertiary/aromatic N) is 1. The molecule has 1 aliphatic rings. The first-order chi connectivity index (χ1) is 10.6. The van der Waals surface area contributed by atoms with Crippen molar-refractivity contribution < 1.29 is 18.0 Å². The third kappa shape index (κ3) is 3.72. The first-order valence-electron chi connectivity index (χ1n) is 7.55. The van der Waals surface area contributed by atoms with E-state index in [1.165, 1.54) is 12.1 Å². The van der Waals surface area contributed by atoms with E-state index in [1.807, 2.05) is 27.7 Å². The summed E-state index contributed by atoms with van der Waals surface area (Å²) in [6.45, 7) is 7.68. The zero-order valence-electron chi connectivity index (χ0n) is 13.8. The van der Waals surface area contributed by atoms with Crippen LogP contribution in [0.3, 0.4) is 0 Å². The molecule has 2 rings (SSSR count). The van der Waals surface area contributed by atoms with Gasteiger partial charge < -0.3 is 4.90 Å². The minimum absolute atomic E-state index is 0.00310. The first kappa shape index (κ1) is 17.5. The topological polar surface area (TPSA) is 83.5 Å². The summed E-state index contributed by atoms with van der Waals surface area (Å²) in [5, 5.41) is 0. The molecule has 0 spiro atoms. The van der Waals surface area contributed by atoms with Crippen LogP contribution in [-0.2, 0) is 19.6 Å². The summed E-state index contributed by atoms with van der Waals surface area (Å²) in [5.41, 5.74) is 1.81. The lowest BCUT2D eigenvalue weighted by Crippen LogP contribution is -2.38. The molecular formula is C16H22N2O4S. The molecular weight excluding hydrogens is 316 g/mol. The normalized spacial score (nSPS) is 18.6. The molecule has 1 N–H and O–H groups in total. The lowest BCUT2D eigenvalue weighted by Gasteiger charge is -2.20. The number of aryl methyl sites for hydroxylation is 2. The molecule has 1 atom stereocenters. The van der Waals surface area contributed by atoms with Crippen LogP contribution in [0, 0.1) is 19.8 Å². The molecule has 126 valence electrons. The minimum Gasteiger partial charge on any atom is -0.339 e. The summed E-state index contributed by atoms with van der Waals surface area (Å²) in [4.78, 5) is 25.7. The number of nitrogens with one attached hydrogen (secondary N) is 1. The quantitative estimate of drug-likeness (QED) is 0.898. The van der Waals surface area contributed by atoms with Crippen molar-refractivity contribution in [2.75, 3.05) is 6.54 Å². The van der Waals surface area contributed by atoms with E-state index >= 15 is 0 Å². The molecule has 0 unspecified atom stereocenters. The molecule has 0 radical (unpaired) electrons. The summed E-state index contributed by atoms with van der Waals surface area (Å²) in [5.74, 6) is -1.38. The average molecular weight is 338 g/mol. The number of likely N-dealkylation sites (tertiary alicyclic amines) is 1. The number of rotatable bonds is 4. The van der Waals surface area contributed by atoms with Gasteiger partial charge >= 0.3 is 0 Å². The van der Waals surface area contributed by atoms with E-state index < -0.39 is 21.8 Å². The van der Waals surface area contributed by atoms with Gasteiger partial charge in [0.25, 0.3) is 10.0 Å². The Morgan fingerprint density at radius 1 is 1.26 bits per heavy atom. The van der Waals surface area contributed by atoms with Crippen LogP contribution in [0.15, 0.2) is 23.1 Å². The van der Waals surface area contributed by atoms with Crippen molar-refractivity contribution in [1.29, 1.82) is 0 Å². The van der Waals surface area contributed by atoms with E-state index in [1.54, 1.807) is 11.0 Å². The fourth-order valence-corrected chi connectivity index (χ4v) is 3.69. The molecule has 2 amide bonds. The maximum absolute atomic E-state index is 12.3. The summed E-state index contributed by atoms with van der Waals surface area (Å²) in [7, 11) is -3.92. The number of hydrogen-bond acceptors (Lipinski definition) is 4. The molecule has 1 heterocycles. The van der Waals surface area contributed by atoms with Crippen molar-refractivity contribution >= 4 is 21.8 Å². The number of hydrogen-bond donors (Lipinski definition) is 1. The zero-order valence-corrected chi connectivity index (χ0v) is 14.6. The van der Waals surface area contributed by atoms with Crippen LogP contribution in [0.2, 0.25) is 0 Å². The number of carbonyl (C=O) groups is 2. The molecule has 1 saturated heterocycles. The fourth-order valence-electron chi connectivity index (χ4n) is 2.56. The largest absolute Gasteiger partial charge is 0.339 e. The number of benzene rings is 1. The highest BCUT2D eigenvalue weighted by atomic mass is 32.2. The molecule has 7 heteroatoms. The smallest absolute Gasteiger partial charge is 0.264 e. The zero-order chi connectivity index (χ0) is 17.4. The van der Waals surface area contributed by atoms with Crippen molar-refractivity contribution in [3.63, 3.8) is 0 Å². The van der Waals surface area contributed by atoms with Gasteiger partial charge in [0.15, 0.2) is 0 Å². The van der Waals surface area contributed by atoms with Crippen LogP contribution in [0.5, 0.6) is 0 Å². The maximum atomic E-state index is 12.3. The predicted octanol–water partition coefficient (Wildman–Crippen LogP) is 1.37. The third-order valence-corrected chi connectivity index (χ3v) is 5.52. The Balaban J connectivity index is 2.13. The number of sulfonamides is 1. The van der Waals surface area contributed by atoms with Gasteiger partial charge in [-0.3, -0.25) is 9.59 Å². The average Bonchev–Trinajstić information content (AvgIpc) is 2.83. The van der Waals surface area contributed by atoms with Crippen LogP contribution in [0.25, 0.3) is 0 Å². The number of carbonyl (C=O) groups excluding carboxylic acids is 2. The summed E-state index contributed by atoms with van der Waals surface area (Å²) in [6.07, 6.45) is 0.0481. The molecule has 0 saturated carbocycles. The second kappa shape index (κ2) is 6.31. The van der Waals surface area contributed by atoms with Crippen LogP contribution in [0.4, 0.5) is 0 Å². The van der Waals surface area contributed by atoms with E-state index in [4.69, 9.17) is 0 Å². The first-order valence-corrected chi connectivity index (χ1v) is 9.03. The Hall–Kier alpha value is -1.89. The fraction of sp³-hybridized carbons (Fsp3) is 0.500. The monoisotopic (exact) mass is 338 g/mol. The van der Waals surface area contributed by atoms with E-state index in [9.17, 15) is 18.0 Å². The molecule has 1 aromatic carbocycles. The van der Waals surface area contributed by atoms with Crippen molar-refractivity contribution in [1.82, 2.24) is 9.62 Å². The molecule has 23 heavy (non-hydrogen) atoms. The van der Waals surface area contributed by atoms with Crippen molar-refractivity contribution in [2.24, 2.45) is 5.92 Å². The van der Waals surface area contributed by atoms with Gasteiger partial charge in [0.2, 0.25) is 11.8 Å². The van der Waals surface area contributed by atoms with E-state index in [2.05, 4.69) is 4.72 Å². The highest BCUT2D eigenvalue weighted by Crippen LogP contribution is 2.21. The second-order valence-corrected chi connectivity index (χ2v) is 7.94. The Morgan fingerprint density at radius 3 is 2.43 bits per heavy atom. The van der Waals surface area contributed by atoms with Crippen LogP contribution in [-0.4, -0.2) is 37.7 Å². The molecule has 0 aromatic heterocycles. The summed E-state index contributed by atoms with van der Waals surface area (Å²) in [6, 6.07) is 4.70. The third-order valence-electron chi connectivity index (χ3n) is 4.18. The molecule has 0 bridgehead atoms. The standard InChI is InChI=1S/C16H22N2O4S/c1-10(2)18-9-13(8-15(18)19)16(20)17-23(21,22)14-6-5-11(3)12(4)7-14/h5-7,10,13H,8-9H2,1-4H3,(H,17,20)/t13-/m1/s1. The Kier molecular flexibility index (Phi) is 4.79. The van der Waals surface area contributed by atoms with Gasteiger partial charge in [-0.1, -0.05) is 6.07 Å². The van der Waals surface area contributed by atoms with Gasteiger partial charge in [0.1, 0.15) is 0 Å². The summed E-state index contributed by atoms with van der Waals surface area (Å²) < 4.78 is 26.8. The Bertz CT molecular complexity index is 740. The van der Waals surface area contributed by atoms with Crippen LogP contribution in [0.1, 0.15) is 31.4 Å². The van der Waals surface area contributed by atoms with Gasteiger partial charge in [-0.05, 0) is 51.0 Å². The van der Waals surface area contributed by atoms with E-state index in [0.717, 1.165) is 11.1 Å². The van der Waals surface area contributed by atoms with Crippen molar-refractivity contribution in [2.45, 2.75) is 45.1 Å². The van der Waals surface area contributed by atoms with Crippen LogP contribution < -0.4 is 4.72 Å².